The van der Waals surface area contributed by atoms with Gasteiger partial charge in [-0.2, -0.15) is 5.10 Å². The number of carbonyl (C=O) groups excluding carboxylic acids is 2. The van der Waals surface area contributed by atoms with E-state index in [1.54, 1.807) is 12.4 Å². The molecule has 138 valence electrons. The van der Waals surface area contributed by atoms with Gasteiger partial charge in [-0.25, -0.2) is 4.39 Å². The molecule has 0 unspecified atom stereocenters. The van der Waals surface area contributed by atoms with E-state index >= 15 is 0 Å². The highest BCUT2D eigenvalue weighted by molar-refractivity contribution is 5.95. The van der Waals surface area contributed by atoms with Gasteiger partial charge < -0.3 is 10.6 Å². The summed E-state index contributed by atoms with van der Waals surface area (Å²) in [6.45, 7) is 1.96. The zero-order chi connectivity index (χ0) is 18.5. The van der Waals surface area contributed by atoms with Crippen molar-refractivity contribution in [3.05, 3.63) is 42.0 Å². The van der Waals surface area contributed by atoms with Gasteiger partial charge in [0.25, 0.3) is 0 Å². The largest absolute Gasteiger partial charge is 0.324 e. The van der Waals surface area contributed by atoms with Gasteiger partial charge in [0.15, 0.2) is 0 Å². The Hall–Kier alpha value is -2.70. The lowest BCUT2D eigenvalue weighted by Gasteiger charge is -2.21. The van der Waals surface area contributed by atoms with Crippen LogP contribution in [0.5, 0.6) is 0 Å². The number of rotatable bonds is 5. The first kappa shape index (κ1) is 18.1. The second-order valence-electron chi connectivity index (χ2n) is 6.78. The fourth-order valence-electron chi connectivity index (χ4n) is 3.20. The summed E-state index contributed by atoms with van der Waals surface area (Å²) in [6.07, 6.45) is 8.33. The Morgan fingerprint density at radius 2 is 2.00 bits per heavy atom. The number of halogens is 1. The highest BCUT2D eigenvalue weighted by atomic mass is 19.1. The van der Waals surface area contributed by atoms with Gasteiger partial charge in [-0.05, 0) is 43.5 Å². The minimum absolute atomic E-state index is 0.0645. The standard InChI is InChI=1S/C19H23FN4O2/c1-13-10-21-24(11-13)12-18(25)22-15-7-8-16(20)17(9-15)23-19(26)14-5-3-2-4-6-14/h7-11,14H,2-6,12H2,1H3,(H,22,25)(H,23,26). The maximum atomic E-state index is 14.0. The molecule has 1 heterocycles. The van der Waals surface area contributed by atoms with Crippen molar-refractivity contribution in [2.75, 3.05) is 10.6 Å². The molecular formula is C19H23FN4O2. The van der Waals surface area contributed by atoms with Crippen molar-refractivity contribution < 1.29 is 14.0 Å². The summed E-state index contributed by atoms with van der Waals surface area (Å²) in [5.41, 5.74) is 1.49. The van der Waals surface area contributed by atoms with Crippen LogP contribution in [0.25, 0.3) is 0 Å². The van der Waals surface area contributed by atoms with E-state index in [1.165, 1.54) is 22.9 Å². The van der Waals surface area contributed by atoms with E-state index in [0.29, 0.717) is 5.69 Å². The van der Waals surface area contributed by atoms with Crippen LogP contribution >= 0.6 is 0 Å². The molecule has 3 rings (SSSR count). The van der Waals surface area contributed by atoms with Gasteiger partial charge in [-0.1, -0.05) is 19.3 Å². The van der Waals surface area contributed by atoms with Crippen molar-refractivity contribution in [1.29, 1.82) is 0 Å². The minimum Gasteiger partial charge on any atom is -0.324 e. The zero-order valence-corrected chi connectivity index (χ0v) is 14.8. The van der Waals surface area contributed by atoms with Crippen LogP contribution in [0.15, 0.2) is 30.6 Å². The van der Waals surface area contributed by atoms with E-state index in [1.807, 2.05) is 6.92 Å². The summed E-state index contributed by atoms with van der Waals surface area (Å²) < 4.78 is 15.6. The molecule has 2 aromatic rings. The molecule has 0 bridgehead atoms. The Bertz CT molecular complexity index is 797. The number of anilines is 2. The zero-order valence-electron chi connectivity index (χ0n) is 14.8. The van der Waals surface area contributed by atoms with E-state index in [4.69, 9.17) is 0 Å². The number of hydrogen-bond donors (Lipinski definition) is 2. The van der Waals surface area contributed by atoms with Gasteiger partial charge in [-0.15, -0.1) is 0 Å². The normalized spacial score (nSPS) is 14.8. The van der Waals surface area contributed by atoms with E-state index in [9.17, 15) is 14.0 Å². The number of benzene rings is 1. The second-order valence-corrected chi connectivity index (χ2v) is 6.78. The molecule has 1 aliphatic carbocycles. The number of aryl methyl sites for hydroxylation is 1. The summed E-state index contributed by atoms with van der Waals surface area (Å²) in [5.74, 6) is -1.01. The van der Waals surface area contributed by atoms with Gasteiger partial charge >= 0.3 is 0 Å². The van der Waals surface area contributed by atoms with Gasteiger partial charge in [-0.3, -0.25) is 14.3 Å². The molecule has 1 aliphatic rings. The molecule has 1 aromatic heterocycles. The molecule has 1 fully saturated rings. The van der Waals surface area contributed by atoms with Crippen LogP contribution in [0.1, 0.15) is 37.7 Å². The summed E-state index contributed by atoms with van der Waals surface area (Å²) >= 11 is 0. The Morgan fingerprint density at radius 1 is 1.23 bits per heavy atom. The number of carbonyl (C=O) groups is 2. The van der Waals surface area contributed by atoms with Crippen LogP contribution in [0.2, 0.25) is 0 Å². The van der Waals surface area contributed by atoms with Crippen molar-refractivity contribution in [2.45, 2.75) is 45.6 Å². The van der Waals surface area contributed by atoms with Crippen LogP contribution in [0, 0.1) is 18.7 Å². The predicted octanol–water partition coefficient (Wildman–Crippen LogP) is 3.49. The Labute approximate surface area is 151 Å². The summed E-state index contributed by atoms with van der Waals surface area (Å²) in [7, 11) is 0. The van der Waals surface area contributed by atoms with E-state index in [2.05, 4.69) is 15.7 Å². The van der Waals surface area contributed by atoms with E-state index in [0.717, 1.165) is 37.7 Å². The molecule has 0 radical (unpaired) electrons. The minimum atomic E-state index is -0.519. The maximum Gasteiger partial charge on any atom is 0.246 e. The first-order chi connectivity index (χ1) is 12.5. The maximum absolute atomic E-state index is 14.0. The summed E-state index contributed by atoms with van der Waals surface area (Å²) in [5, 5.41) is 9.43. The third kappa shape index (κ3) is 4.68. The lowest BCUT2D eigenvalue weighted by molar-refractivity contribution is -0.120. The van der Waals surface area contributed by atoms with E-state index in [-0.39, 0.29) is 30.0 Å². The van der Waals surface area contributed by atoms with Crippen molar-refractivity contribution in [3.63, 3.8) is 0 Å². The molecule has 2 amide bonds. The fraction of sp³-hybridized carbons (Fsp3) is 0.421. The third-order valence-electron chi connectivity index (χ3n) is 4.55. The molecule has 2 N–H and O–H groups in total. The molecule has 1 saturated carbocycles. The first-order valence-electron chi connectivity index (χ1n) is 8.90. The SMILES string of the molecule is Cc1cnn(CC(=O)Nc2ccc(F)c(NC(=O)C3CCCCC3)c2)c1. The Morgan fingerprint density at radius 3 is 2.69 bits per heavy atom. The fourth-order valence-corrected chi connectivity index (χ4v) is 3.20. The molecule has 0 atom stereocenters. The van der Waals surface area contributed by atoms with Crippen LogP contribution in [0.4, 0.5) is 15.8 Å². The van der Waals surface area contributed by atoms with Crippen molar-refractivity contribution in [3.8, 4) is 0 Å². The molecule has 6 nitrogen and oxygen atoms in total. The highest BCUT2D eigenvalue weighted by Crippen LogP contribution is 2.26. The Balaban J connectivity index is 1.63. The number of amides is 2. The number of nitrogens with one attached hydrogen (secondary N) is 2. The lowest BCUT2D eigenvalue weighted by Crippen LogP contribution is -2.25. The average molecular weight is 358 g/mol. The van der Waals surface area contributed by atoms with Crippen molar-refractivity contribution >= 4 is 23.2 Å². The molecule has 0 saturated heterocycles. The second kappa shape index (κ2) is 8.12. The number of hydrogen-bond acceptors (Lipinski definition) is 3. The van der Waals surface area contributed by atoms with Crippen LogP contribution in [-0.4, -0.2) is 21.6 Å². The molecule has 0 aliphatic heterocycles. The molecule has 26 heavy (non-hydrogen) atoms. The van der Waals surface area contributed by atoms with Crippen molar-refractivity contribution in [1.82, 2.24) is 9.78 Å². The first-order valence-corrected chi connectivity index (χ1v) is 8.90. The third-order valence-corrected chi connectivity index (χ3v) is 4.55. The molecule has 7 heteroatoms. The quantitative estimate of drug-likeness (QED) is 0.859. The topological polar surface area (TPSA) is 76.0 Å². The van der Waals surface area contributed by atoms with Crippen LogP contribution in [0.3, 0.4) is 0 Å². The van der Waals surface area contributed by atoms with Gasteiger partial charge in [0.1, 0.15) is 12.4 Å². The smallest absolute Gasteiger partial charge is 0.246 e. The van der Waals surface area contributed by atoms with Crippen LogP contribution in [-0.2, 0) is 16.1 Å². The number of nitrogens with zero attached hydrogens (tertiary/aromatic N) is 2. The molecule has 0 spiro atoms. The summed E-state index contributed by atoms with van der Waals surface area (Å²) in [4.78, 5) is 24.4. The van der Waals surface area contributed by atoms with Crippen molar-refractivity contribution in [2.24, 2.45) is 5.92 Å². The predicted molar refractivity (Wildman–Crippen MR) is 97.2 cm³/mol. The highest BCUT2D eigenvalue weighted by Gasteiger charge is 2.22. The molecule has 1 aromatic carbocycles. The van der Waals surface area contributed by atoms with E-state index < -0.39 is 5.82 Å². The monoisotopic (exact) mass is 358 g/mol. The Kier molecular flexibility index (Phi) is 5.65. The van der Waals surface area contributed by atoms with Gasteiger partial charge in [0.2, 0.25) is 11.8 Å². The lowest BCUT2D eigenvalue weighted by atomic mass is 9.88. The van der Waals surface area contributed by atoms with Gasteiger partial charge in [0, 0.05) is 17.8 Å². The van der Waals surface area contributed by atoms with Gasteiger partial charge in [0.05, 0.1) is 11.9 Å². The average Bonchev–Trinajstić information content (AvgIpc) is 3.03. The number of aromatic nitrogens is 2. The van der Waals surface area contributed by atoms with Crippen LogP contribution < -0.4 is 10.6 Å². The molecular weight excluding hydrogens is 335 g/mol. The summed E-state index contributed by atoms with van der Waals surface area (Å²) in [6, 6.07) is 4.16.